The van der Waals surface area contributed by atoms with Crippen molar-refractivity contribution in [3.8, 4) is 21.7 Å². The van der Waals surface area contributed by atoms with E-state index in [1.807, 2.05) is 92.0 Å². The Hall–Kier alpha value is -3.94. The van der Waals surface area contributed by atoms with Gasteiger partial charge in [-0.1, -0.05) is 71.5 Å². The predicted octanol–water partition coefficient (Wildman–Crippen LogP) is 6.72. The molecule has 0 aliphatic carbocycles. The number of fused-ring (bicyclic) bond motifs is 1. The van der Waals surface area contributed by atoms with E-state index in [0.29, 0.717) is 26.9 Å². The smallest absolute Gasteiger partial charge is 0.270 e. The van der Waals surface area contributed by atoms with Gasteiger partial charge >= 0.3 is 0 Å². The van der Waals surface area contributed by atoms with Crippen LogP contribution in [0.1, 0.15) is 45.8 Å². The third kappa shape index (κ3) is 4.83. The molecule has 192 valence electrons. The second-order valence-corrected chi connectivity index (χ2v) is 11.1. The van der Waals surface area contributed by atoms with E-state index in [1.165, 1.54) is 11.3 Å². The van der Waals surface area contributed by atoms with Crippen LogP contribution in [0.3, 0.4) is 0 Å². The SMILES string of the molecule is CNC(=O)c1c(-c2ccc(Cl)cc2)nc2sc(-c3cc(C(=O)NC(C)(C)c4ccccc4)ccc3C)cn12. The maximum Gasteiger partial charge on any atom is 0.270 e. The number of hydrogen-bond donors (Lipinski definition) is 2. The Balaban J connectivity index is 1.52. The minimum atomic E-state index is -0.534. The van der Waals surface area contributed by atoms with Crippen LogP contribution in [0.25, 0.3) is 26.7 Å². The second-order valence-electron chi connectivity index (χ2n) is 9.62. The van der Waals surface area contributed by atoms with Crippen molar-refractivity contribution < 1.29 is 9.59 Å². The third-order valence-electron chi connectivity index (χ3n) is 6.57. The highest BCUT2D eigenvalue weighted by molar-refractivity contribution is 7.20. The van der Waals surface area contributed by atoms with Crippen LogP contribution in [-0.2, 0) is 5.54 Å². The molecule has 0 unspecified atom stereocenters. The van der Waals surface area contributed by atoms with Crippen LogP contribution < -0.4 is 10.6 Å². The fourth-order valence-corrected chi connectivity index (χ4v) is 5.62. The van der Waals surface area contributed by atoms with Gasteiger partial charge in [0.1, 0.15) is 11.4 Å². The number of aromatic nitrogens is 2. The van der Waals surface area contributed by atoms with E-state index in [1.54, 1.807) is 19.2 Å². The van der Waals surface area contributed by atoms with E-state index in [2.05, 4.69) is 10.6 Å². The fourth-order valence-electron chi connectivity index (χ4n) is 4.43. The molecule has 0 saturated carbocycles. The van der Waals surface area contributed by atoms with Crippen LogP contribution >= 0.6 is 22.9 Å². The largest absolute Gasteiger partial charge is 0.354 e. The topological polar surface area (TPSA) is 75.5 Å². The molecule has 2 aromatic heterocycles. The normalized spacial score (nSPS) is 11.5. The lowest BCUT2D eigenvalue weighted by Crippen LogP contribution is -2.40. The first-order valence-electron chi connectivity index (χ1n) is 12.2. The van der Waals surface area contributed by atoms with E-state index in [4.69, 9.17) is 16.6 Å². The lowest BCUT2D eigenvalue weighted by atomic mass is 9.93. The summed E-state index contributed by atoms with van der Waals surface area (Å²) >= 11 is 7.53. The Labute approximate surface area is 230 Å². The van der Waals surface area contributed by atoms with Crippen molar-refractivity contribution in [3.05, 3.63) is 106 Å². The molecular weight excluding hydrogens is 516 g/mol. The number of thiazole rings is 1. The first-order chi connectivity index (χ1) is 18.2. The summed E-state index contributed by atoms with van der Waals surface area (Å²) in [5.41, 5.74) is 4.84. The zero-order valence-electron chi connectivity index (χ0n) is 21.5. The van der Waals surface area contributed by atoms with Gasteiger partial charge in [0.25, 0.3) is 11.8 Å². The number of imidazole rings is 1. The summed E-state index contributed by atoms with van der Waals surface area (Å²) in [5.74, 6) is -0.391. The first-order valence-corrected chi connectivity index (χ1v) is 13.4. The molecule has 0 fully saturated rings. The molecule has 0 aliphatic rings. The summed E-state index contributed by atoms with van der Waals surface area (Å²) in [5, 5.41) is 6.50. The summed E-state index contributed by atoms with van der Waals surface area (Å²) in [4.78, 5) is 32.6. The molecule has 5 rings (SSSR count). The van der Waals surface area contributed by atoms with Gasteiger partial charge in [-0.15, -0.1) is 0 Å². The van der Waals surface area contributed by atoms with Crippen molar-refractivity contribution in [3.63, 3.8) is 0 Å². The average Bonchev–Trinajstić information content (AvgIpc) is 3.47. The molecule has 2 heterocycles. The maximum absolute atomic E-state index is 13.3. The number of carbonyl (C=O) groups is 2. The summed E-state index contributed by atoms with van der Waals surface area (Å²) in [6, 6.07) is 22.8. The lowest BCUT2D eigenvalue weighted by Gasteiger charge is -2.27. The number of benzene rings is 3. The lowest BCUT2D eigenvalue weighted by molar-refractivity contribution is 0.0910. The fraction of sp³-hybridized carbons (Fsp3) is 0.167. The van der Waals surface area contributed by atoms with Gasteiger partial charge in [-0.05, 0) is 61.7 Å². The number of hydrogen-bond acceptors (Lipinski definition) is 4. The van der Waals surface area contributed by atoms with Crippen LogP contribution in [0, 0.1) is 6.92 Å². The van der Waals surface area contributed by atoms with Gasteiger partial charge < -0.3 is 10.6 Å². The quantitative estimate of drug-likeness (QED) is 0.250. The number of rotatable bonds is 6. The van der Waals surface area contributed by atoms with E-state index >= 15 is 0 Å². The van der Waals surface area contributed by atoms with Crippen LogP contribution in [0.2, 0.25) is 5.02 Å². The van der Waals surface area contributed by atoms with Gasteiger partial charge in [0.2, 0.25) is 0 Å². The van der Waals surface area contributed by atoms with Gasteiger partial charge in [0, 0.05) is 29.4 Å². The molecule has 3 aromatic carbocycles. The number of nitrogens with one attached hydrogen (secondary N) is 2. The van der Waals surface area contributed by atoms with Crippen LogP contribution in [0.15, 0.2) is 79.0 Å². The predicted molar refractivity (Wildman–Crippen MR) is 154 cm³/mol. The molecule has 0 spiro atoms. The minimum absolute atomic E-state index is 0.155. The maximum atomic E-state index is 13.3. The monoisotopic (exact) mass is 542 g/mol. The average molecular weight is 543 g/mol. The number of aryl methyl sites for hydroxylation is 1. The van der Waals surface area contributed by atoms with Crippen molar-refractivity contribution >= 4 is 39.7 Å². The molecule has 38 heavy (non-hydrogen) atoms. The molecule has 5 aromatic rings. The molecule has 2 amide bonds. The zero-order chi connectivity index (χ0) is 27.0. The molecular formula is C30H27ClN4O2S. The Morgan fingerprint density at radius 1 is 0.974 bits per heavy atom. The standard InChI is InChI=1S/C30H27ClN4O2S/c1-18-10-11-20(27(36)34-30(2,3)21-8-6-5-7-9-21)16-23(18)24-17-35-26(28(37)32-4)25(33-29(35)38-24)19-12-14-22(31)15-13-19/h5-17H,1-4H3,(H,32,37)(H,34,36). The highest BCUT2D eigenvalue weighted by Gasteiger charge is 2.25. The minimum Gasteiger partial charge on any atom is -0.354 e. The van der Waals surface area contributed by atoms with E-state index in [9.17, 15) is 9.59 Å². The first kappa shape index (κ1) is 25.7. The molecule has 2 N–H and O–H groups in total. The van der Waals surface area contributed by atoms with Crippen molar-refractivity contribution in [2.45, 2.75) is 26.3 Å². The Bertz CT molecular complexity index is 1650. The Kier molecular flexibility index (Phi) is 6.82. The third-order valence-corrected chi connectivity index (χ3v) is 7.84. The van der Waals surface area contributed by atoms with Crippen LogP contribution in [0.5, 0.6) is 0 Å². The number of nitrogens with zero attached hydrogens (tertiary/aromatic N) is 2. The van der Waals surface area contributed by atoms with Crippen LogP contribution in [-0.4, -0.2) is 28.2 Å². The van der Waals surface area contributed by atoms with E-state index in [0.717, 1.165) is 27.1 Å². The van der Waals surface area contributed by atoms with Gasteiger partial charge in [-0.2, -0.15) is 0 Å². The van der Waals surface area contributed by atoms with Crippen molar-refractivity contribution in [2.24, 2.45) is 0 Å². The molecule has 6 nitrogen and oxygen atoms in total. The molecule has 8 heteroatoms. The number of carbonyl (C=O) groups excluding carboxylic acids is 2. The van der Waals surface area contributed by atoms with Gasteiger partial charge in [0.15, 0.2) is 4.96 Å². The number of halogens is 1. The summed E-state index contributed by atoms with van der Waals surface area (Å²) < 4.78 is 1.81. The van der Waals surface area contributed by atoms with Crippen molar-refractivity contribution in [1.82, 2.24) is 20.0 Å². The van der Waals surface area contributed by atoms with Gasteiger partial charge in [-0.25, -0.2) is 4.98 Å². The highest BCUT2D eigenvalue weighted by atomic mass is 35.5. The summed E-state index contributed by atoms with van der Waals surface area (Å²) in [6.45, 7) is 5.98. The molecule has 0 bridgehead atoms. The van der Waals surface area contributed by atoms with E-state index in [-0.39, 0.29) is 11.8 Å². The van der Waals surface area contributed by atoms with Crippen molar-refractivity contribution in [1.29, 1.82) is 0 Å². The molecule has 0 saturated heterocycles. The van der Waals surface area contributed by atoms with Gasteiger partial charge in [-0.3, -0.25) is 14.0 Å². The van der Waals surface area contributed by atoms with E-state index < -0.39 is 5.54 Å². The molecule has 0 radical (unpaired) electrons. The van der Waals surface area contributed by atoms with Crippen LogP contribution in [0.4, 0.5) is 0 Å². The van der Waals surface area contributed by atoms with Gasteiger partial charge in [0.05, 0.1) is 10.4 Å². The Morgan fingerprint density at radius 3 is 2.37 bits per heavy atom. The van der Waals surface area contributed by atoms with Crippen molar-refractivity contribution in [2.75, 3.05) is 7.05 Å². The summed E-state index contributed by atoms with van der Waals surface area (Å²) in [7, 11) is 1.60. The second kappa shape index (κ2) is 10.1. The zero-order valence-corrected chi connectivity index (χ0v) is 23.1. The molecule has 0 atom stereocenters. The Morgan fingerprint density at radius 2 is 1.68 bits per heavy atom. The molecule has 0 aliphatic heterocycles. The summed E-state index contributed by atoms with van der Waals surface area (Å²) in [6.07, 6.45) is 1.91. The number of amides is 2. The highest BCUT2D eigenvalue weighted by Crippen LogP contribution is 2.35.